The van der Waals surface area contributed by atoms with Gasteiger partial charge in [-0.15, -0.1) is 5.10 Å². The van der Waals surface area contributed by atoms with Crippen LogP contribution in [0.25, 0.3) is 11.2 Å². The highest BCUT2D eigenvalue weighted by molar-refractivity contribution is 5.83. The van der Waals surface area contributed by atoms with Crippen LogP contribution in [0.15, 0.2) is 24.3 Å². The minimum Gasteiger partial charge on any atom is -0.497 e. The van der Waals surface area contributed by atoms with Gasteiger partial charge >= 0.3 is 0 Å². The minimum absolute atomic E-state index is 0.155. The molecule has 2 aromatic heterocycles. The van der Waals surface area contributed by atoms with Crippen LogP contribution in [-0.4, -0.2) is 67.6 Å². The van der Waals surface area contributed by atoms with Gasteiger partial charge in [-0.25, -0.2) is 14.6 Å². The Morgan fingerprint density at radius 2 is 1.90 bits per heavy atom. The molecule has 2 N–H and O–H groups in total. The van der Waals surface area contributed by atoms with Crippen molar-refractivity contribution in [3.05, 3.63) is 35.7 Å². The van der Waals surface area contributed by atoms with E-state index >= 15 is 0 Å². The zero-order valence-electron chi connectivity index (χ0n) is 17.8. The van der Waals surface area contributed by atoms with E-state index in [1.54, 1.807) is 11.8 Å². The summed E-state index contributed by atoms with van der Waals surface area (Å²) in [5.41, 5.74) is 1.97. The predicted molar refractivity (Wildman–Crippen MR) is 113 cm³/mol. The Bertz CT molecular complexity index is 1030. The van der Waals surface area contributed by atoms with E-state index < -0.39 is 12.1 Å². The molecule has 0 amide bonds. The minimum atomic E-state index is -0.604. The SMILES string of the molecule is COc1ccc(Cn2nnc3c(N4CCC(O)C4CO)nc(C(C)(C)C)nc32)cc1. The highest BCUT2D eigenvalue weighted by Gasteiger charge is 2.36. The summed E-state index contributed by atoms with van der Waals surface area (Å²) < 4.78 is 6.99. The van der Waals surface area contributed by atoms with Crippen molar-refractivity contribution < 1.29 is 14.9 Å². The molecule has 9 nitrogen and oxygen atoms in total. The summed E-state index contributed by atoms with van der Waals surface area (Å²) in [7, 11) is 1.64. The van der Waals surface area contributed by atoms with Crippen molar-refractivity contribution in [3.8, 4) is 5.75 Å². The second-order valence-electron chi connectivity index (χ2n) is 8.69. The first-order chi connectivity index (χ1) is 14.3. The maximum absolute atomic E-state index is 10.3. The molecule has 0 spiro atoms. The maximum Gasteiger partial charge on any atom is 0.184 e. The van der Waals surface area contributed by atoms with E-state index in [2.05, 4.69) is 31.1 Å². The second kappa shape index (κ2) is 7.81. The molecule has 1 aromatic carbocycles. The van der Waals surface area contributed by atoms with Gasteiger partial charge in [0.1, 0.15) is 11.6 Å². The van der Waals surface area contributed by atoms with Crippen molar-refractivity contribution in [3.63, 3.8) is 0 Å². The number of ether oxygens (including phenoxy) is 1. The van der Waals surface area contributed by atoms with E-state index in [0.717, 1.165) is 11.3 Å². The molecular formula is C21H28N6O3. The molecule has 2 unspecified atom stereocenters. The molecular weight excluding hydrogens is 384 g/mol. The number of anilines is 1. The van der Waals surface area contributed by atoms with E-state index in [0.29, 0.717) is 42.3 Å². The molecule has 0 saturated carbocycles. The number of nitrogens with zero attached hydrogens (tertiary/aromatic N) is 6. The summed E-state index contributed by atoms with van der Waals surface area (Å²) in [6, 6.07) is 7.37. The number of aliphatic hydroxyl groups excluding tert-OH is 2. The first-order valence-corrected chi connectivity index (χ1v) is 10.1. The van der Waals surface area contributed by atoms with Crippen molar-refractivity contribution in [1.29, 1.82) is 0 Å². The quantitative estimate of drug-likeness (QED) is 0.649. The number of benzene rings is 1. The van der Waals surface area contributed by atoms with Crippen LogP contribution in [0.2, 0.25) is 0 Å². The molecule has 1 saturated heterocycles. The van der Waals surface area contributed by atoms with E-state index in [4.69, 9.17) is 14.7 Å². The highest BCUT2D eigenvalue weighted by Crippen LogP contribution is 2.32. The third kappa shape index (κ3) is 3.70. The number of rotatable bonds is 5. The fourth-order valence-electron chi connectivity index (χ4n) is 3.71. The van der Waals surface area contributed by atoms with Gasteiger partial charge < -0.3 is 19.8 Å². The van der Waals surface area contributed by atoms with Gasteiger partial charge in [-0.2, -0.15) is 0 Å². The predicted octanol–water partition coefficient (Wildman–Crippen LogP) is 1.51. The van der Waals surface area contributed by atoms with Crippen molar-refractivity contribution in [2.45, 2.75) is 51.3 Å². The van der Waals surface area contributed by atoms with Crippen LogP contribution < -0.4 is 9.64 Å². The molecule has 3 aromatic rings. The highest BCUT2D eigenvalue weighted by atomic mass is 16.5. The summed E-state index contributed by atoms with van der Waals surface area (Å²) in [6.07, 6.45) is -0.0332. The van der Waals surface area contributed by atoms with Gasteiger partial charge in [0, 0.05) is 12.0 Å². The molecule has 1 aliphatic rings. The summed E-state index contributed by atoms with van der Waals surface area (Å²) in [5.74, 6) is 2.08. The van der Waals surface area contributed by atoms with Crippen molar-refractivity contribution in [2.75, 3.05) is 25.2 Å². The van der Waals surface area contributed by atoms with Crippen LogP contribution in [0.3, 0.4) is 0 Å². The van der Waals surface area contributed by atoms with Crippen LogP contribution in [0.4, 0.5) is 5.82 Å². The fourth-order valence-corrected chi connectivity index (χ4v) is 3.71. The Morgan fingerprint density at radius 3 is 2.53 bits per heavy atom. The molecule has 0 radical (unpaired) electrons. The number of hydrogen-bond acceptors (Lipinski definition) is 8. The summed E-state index contributed by atoms with van der Waals surface area (Å²) in [4.78, 5) is 11.5. The molecule has 4 rings (SSSR count). The molecule has 30 heavy (non-hydrogen) atoms. The largest absolute Gasteiger partial charge is 0.497 e. The molecule has 2 atom stereocenters. The van der Waals surface area contributed by atoms with Gasteiger partial charge in [-0.1, -0.05) is 38.1 Å². The van der Waals surface area contributed by atoms with Gasteiger partial charge in [-0.05, 0) is 24.1 Å². The molecule has 9 heteroatoms. The zero-order valence-corrected chi connectivity index (χ0v) is 17.8. The Morgan fingerprint density at radius 1 is 1.17 bits per heavy atom. The smallest absolute Gasteiger partial charge is 0.184 e. The summed E-state index contributed by atoms with van der Waals surface area (Å²) >= 11 is 0. The molecule has 0 aliphatic carbocycles. The van der Waals surface area contributed by atoms with Gasteiger partial charge in [0.2, 0.25) is 0 Å². The van der Waals surface area contributed by atoms with E-state index in [1.165, 1.54) is 0 Å². The average molecular weight is 412 g/mol. The molecule has 0 bridgehead atoms. The normalized spacial score (nSPS) is 19.6. The number of hydrogen-bond donors (Lipinski definition) is 2. The van der Waals surface area contributed by atoms with Crippen LogP contribution >= 0.6 is 0 Å². The molecule has 160 valence electrons. The Kier molecular flexibility index (Phi) is 5.33. The lowest BCUT2D eigenvalue weighted by atomic mass is 9.95. The lowest BCUT2D eigenvalue weighted by molar-refractivity contribution is 0.128. The summed E-state index contributed by atoms with van der Waals surface area (Å²) in [5, 5.41) is 28.8. The molecule has 1 aliphatic heterocycles. The first kappa shape index (κ1) is 20.5. The molecule has 3 heterocycles. The lowest BCUT2D eigenvalue weighted by Gasteiger charge is -2.27. The van der Waals surface area contributed by atoms with E-state index in [9.17, 15) is 10.2 Å². The number of aliphatic hydroxyl groups is 2. The third-order valence-electron chi connectivity index (χ3n) is 5.48. The first-order valence-electron chi connectivity index (χ1n) is 10.1. The van der Waals surface area contributed by atoms with Gasteiger partial charge in [0.25, 0.3) is 0 Å². The van der Waals surface area contributed by atoms with Crippen LogP contribution in [0.5, 0.6) is 5.75 Å². The van der Waals surface area contributed by atoms with Crippen LogP contribution in [-0.2, 0) is 12.0 Å². The van der Waals surface area contributed by atoms with Crippen LogP contribution in [0, 0.1) is 0 Å². The zero-order chi connectivity index (χ0) is 21.5. The second-order valence-corrected chi connectivity index (χ2v) is 8.69. The Balaban J connectivity index is 1.80. The Labute approximate surface area is 175 Å². The van der Waals surface area contributed by atoms with E-state index in [1.807, 2.05) is 29.2 Å². The monoisotopic (exact) mass is 412 g/mol. The van der Waals surface area contributed by atoms with Crippen molar-refractivity contribution >= 4 is 17.0 Å². The number of methoxy groups -OCH3 is 1. The van der Waals surface area contributed by atoms with Crippen LogP contribution in [0.1, 0.15) is 38.6 Å². The fraction of sp³-hybridized carbons (Fsp3) is 0.524. The molecule has 1 fully saturated rings. The standard InChI is InChI=1S/C21H28N6O3/c1-21(2,3)20-22-18(26-10-9-16(29)15(26)12-28)17-19(23-20)27(25-24-17)11-13-5-7-14(30-4)8-6-13/h5-8,15-16,28-29H,9-12H2,1-4H3. The van der Waals surface area contributed by atoms with Crippen molar-refractivity contribution in [1.82, 2.24) is 25.0 Å². The summed E-state index contributed by atoms with van der Waals surface area (Å²) in [6.45, 7) is 7.10. The van der Waals surface area contributed by atoms with Crippen molar-refractivity contribution in [2.24, 2.45) is 0 Å². The lowest BCUT2D eigenvalue weighted by Crippen LogP contribution is -2.39. The van der Waals surface area contributed by atoms with Gasteiger partial charge in [0.15, 0.2) is 17.0 Å². The van der Waals surface area contributed by atoms with Gasteiger partial charge in [0.05, 0.1) is 32.4 Å². The average Bonchev–Trinajstić information content (AvgIpc) is 3.30. The maximum atomic E-state index is 10.3. The topological polar surface area (TPSA) is 109 Å². The van der Waals surface area contributed by atoms with E-state index in [-0.39, 0.29) is 12.0 Å². The van der Waals surface area contributed by atoms with Gasteiger partial charge in [-0.3, -0.25) is 0 Å². The number of fused-ring (bicyclic) bond motifs is 1. The number of aromatic nitrogens is 5. The third-order valence-corrected chi connectivity index (χ3v) is 5.48. The Hall–Kier alpha value is -2.78.